The van der Waals surface area contributed by atoms with E-state index in [1.807, 2.05) is 38.3 Å². The molecule has 0 aromatic carbocycles. The highest BCUT2D eigenvalue weighted by Crippen LogP contribution is 1.97. The second-order valence-corrected chi connectivity index (χ2v) is 2.63. The summed E-state index contributed by atoms with van der Waals surface area (Å²) in [6.07, 6.45) is 7.79. The van der Waals surface area contributed by atoms with Gasteiger partial charge in [0, 0.05) is 6.54 Å². The Morgan fingerprint density at radius 1 is 1.54 bits per heavy atom. The van der Waals surface area contributed by atoms with Gasteiger partial charge in [0.25, 0.3) is 0 Å². The van der Waals surface area contributed by atoms with E-state index in [1.165, 1.54) is 0 Å². The quantitative estimate of drug-likeness (QED) is 0.478. The first-order valence-corrected chi connectivity index (χ1v) is 4.51. The molecule has 0 aromatic heterocycles. The first-order valence-electron chi connectivity index (χ1n) is 4.51. The molecule has 0 bridgehead atoms. The molecule has 13 heavy (non-hydrogen) atoms. The molecule has 0 aliphatic rings. The van der Waals surface area contributed by atoms with Gasteiger partial charge in [-0.05, 0) is 19.5 Å². The zero-order valence-electron chi connectivity index (χ0n) is 8.55. The zero-order valence-corrected chi connectivity index (χ0v) is 8.55. The first-order chi connectivity index (χ1) is 6.35. The lowest BCUT2D eigenvalue weighted by Crippen LogP contribution is -2.14. The fourth-order valence-corrected chi connectivity index (χ4v) is 0.759. The first kappa shape index (κ1) is 12.1. The molecular weight excluding hydrogens is 162 g/mol. The van der Waals surface area contributed by atoms with Crippen molar-refractivity contribution in [2.45, 2.75) is 6.92 Å². The van der Waals surface area contributed by atoms with Crippen LogP contribution in [0, 0.1) is 0 Å². The molecule has 0 unspecified atom stereocenters. The Balaban J connectivity index is 3.65. The van der Waals surface area contributed by atoms with Crippen molar-refractivity contribution in [2.24, 2.45) is 0 Å². The van der Waals surface area contributed by atoms with Crippen molar-refractivity contribution in [3.05, 3.63) is 36.5 Å². The summed E-state index contributed by atoms with van der Waals surface area (Å²) in [6.45, 7) is 7.95. The van der Waals surface area contributed by atoms with Crippen LogP contribution < -0.4 is 5.32 Å². The predicted octanol–water partition coefficient (Wildman–Crippen LogP) is 1.91. The standard InChI is InChI=1S/C11H19NO/c1-4-6-7-11(5-2)10-13-9-8-12-3/h4-7,12H,2,8-10H2,1,3H3/b6-4-,11-7+. The van der Waals surface area contributed by atoms with Crippen LogP contribution in [0.25, 0.3) is 0 Å². The third-order valence-corrected chi connectivity index (χ3v) is 1.53. The van der Waals surface area contributed by atoms with Crippen molar-refractivity contribution in [3.63, 3.8) is 0 Å². The van der Waals surface area contributed by atoms with Crippen LogP contribution in [0.2, 0.25) is 0 Å². The second-order valence-electron chi connectivity index (χ2n) is 2.63. The third kappa shape index (κ3) is 7.50. The summed E-state index contributed by atoms with van der Waals surface area (Å²) in [5.41, 5.74) is 1.11. The van der Waals surface area contributed by atoms with E-state index < -0.39 is 0 Å². The van der Waals surface area contributed by atoms with Crippen LogP contribution in [-0.4, -0.2) is 26.8 Å². The van der Waals surface area contributed by atoms with Crippen molar-refractivity contribution < 1.29 is 4.74 Å². The van der Waals surface area contributed by atoms with Crippen LogP contribution in [0.3, 0.4) is 0 Å². The molecule has 0 atom stereocenters. The van der Waals surface area contributed by atoms with E-state index in [0.717, 1.165) is 18.7 Å². The predicted molar refractivity (Wildman–Crippen MR) is 57.8 cm³/mol. The summed E-state index contributed by atoms with van der Waals surface area (Å²) in [6, 6.07) is 0. The molecule has 0 aliphatic heterocycles. The maximum absolute atomic E-state index is 5.39. The number of hydrogen-bond donors (Lipinski definition) is 1. The number of hydrogen-bond acceptors (Lipinski definition) is 2. The Kier molecular flexibility index (Phi) is 8.62. The molecule has 0 aromatic rings. The van der Waals surface area contributed by atoms with E-state index in [2.05, 4.69) is 11.9 Å². The van der Waals surface area contributed by atoms with Crippen LogP contribution in [-0.2, 0) is 4.74 Å². The fraction of sp³-hybridized carbons (Fsp3) is 0.455. The zero-order chi connectivity index (χ0) is 9.94. The largest absolute Gasteiger partial charge is 0.375 e. The van der Waals surface area contributed by atoms with E-state index in [1.54, 1.807) is 0 Å². The monoisotopic (exact) mass is 181 g/mol. The third-order valence-electron chi connectivity index (χ3n) is 1.53. The molecule has 1 N–H and O–H groups in total. The molecular formula is C11H19NO. The van der Waals surface area contributed by atoms with Gasteiger partial charge < -0.3 is 10.1 Å². The lowest BCUT2D eigenvalue weighted by Gasteiger charge is -2.03. The summed E-state index contributed by atoms with van der Waals surface area (Å²) in [5.74, 6) is 0. The fourth-order valence-electron chi connectivity index (χ4n) is 0.759. The number of ether oxygens (including phenoxy) is 1. The molecule has 0 saturated carbocycles. The van der Waals surface area contributed by atoms with Gasteiger partial charge in [0.05, 0.1) is 13.2 Å². The van der Waals surface area contributed by atoms with Gasteiger partial charge in [-0.25, -0.2) is 0 Å². The number of rotatable bonds is 7. The van der Waals surface area contributed by atoms with Gasteiger partial charge in [-0.3, -0.25) is 0 Å². The number of likely N-dealkylation sites (N-methyl/N-ethyl adjacent to an activating group) is 1. The maximum atomic E-state index is 5.39. The Morgan fingerprint density at radius 2 is 2.31 bits per heavy atom. The number of allylic oxidation sites excluding steroid dienone is 3. The highest BCUT2D eigenvalue weighted by atomic mass is 16.5. The lowest BCUT2D eigenvalue weighted by molar-refractivity contribution is 0.161. The molecule has 0 radical (unpaired) electrons. The van der Waals surface area contributed by atoms with Crippen molar-refractivity contribution in [3.8, 4) is 0 Å². The summed E-state index contributed by atoms with van der Waals surface area (Å²) in [4.78, 5) is 0. The highest BCUT2D eigenvalue weighted by Gasteiger charge is 1.90. The molecule has 0 rings (SSSR count). The summed E-state index contributed by atoms with van der Waals surface area (Å²) >= 11 is 0. The van der Waals surface area contributed by atoms with E-state index in [0.29, 0.717) is 6.61 Å². The maximum Gasteiger partial charge on any atom is 0.0717 e. The molecule has 0 saturated heterocycles. The highest BCUT2D eigenvalue weighted by molar-refractivity contribution is 5.22. The molecule has 0 fully saturated rings. The second kappa shape index (κ2) is 9.23. The van der Waals surface area contributed by atoms with Crippen LogP contribution in [0.15, 0.2) is 36.5 Å². The van der Waals surface area contributed by atoms with Crippen molar-refractivity contribution in [2.75, 3.05) is 26.8 Å². The van der Waals surface area contributed by atoms with Gasteiger partial charge in [0.1, 0.15) is 0 Å². The summed E-state index contributed by atoms with van der Waals surface area (Å²) < 4.78 is 5.39. The average molecular weight is 181 g/mol. The van der Waals surface area contributed by atoms with Crippen molar-refractivity contribution >= 4 is 0 Å². The molecule has 0 aliphatic carbocycles. The minimum Gasteiger partial charge on any atom is -0.375 e. The van der Waals surface area contributed by atoms with E-state index in [4.69, 9.17) is 4.74 Å². The minimum atomic E-state index is 0.634. The van der Waals surface area contributed by atoms with E-state index in [9.17, 15) is 0 Å². The van der Waals surface area contributed by atoms with Gasteiger partial charge >= 0.3 is 0 Å². The van der Waals surface area contributed by atoms with Gasteiger partial charge in [-0.2, -0.15) is 0 Å². The van der Waals surface area contributed by atoms with Crippen LogP contribution >= 0.6 is 0 Å². The van der Waals surface area contributed by atoms with Gasteiger partial charge in [-0.1, -0.05) is 30.9 Å². The summed E-state index contributed by atoms with van der Waals surface area (Å²) in [5, 5.41) is 3.02. The van der Waals surface area contributed by atoms with E-state index >= 15 is 0 Å². The van der Waals surface area contributed by atoms with Crippen molar-refractivity contribution in [1.29, 1.82) is 0 Å². The summed E-state index contributed by atoms with van der Waals surface area (Å²) in [7, 11) is 1.91. The molecule has 2 nitrogen and oxygen atoms in total. The molecule has 0 heterocycles. The Labute approximate surface area is 81.0 Å². The van der Waals surface area contributed by atoms with Crippen LogP contribution in [0.1, 0.15) is 6.92 Å². The molecule has 74 valence electrons. The van der Waals surface area contributed by atoms with Crippen LogP contribution in [0.5, 0.6) is 0 Å². The SMILES string of the molecule is C=C/C(=C\C=C/C)COCCNC. The Morgan fingerprint density at radius 3 is 2.85 bits per heavy atom. The smallest absolute Gasteiger partial charge is 0.0717 e. The van der Waals surface area contributed by atoms with Gasteiger partial charge in [0.2, 0.25) is 0 Å². The van der Waals surface area contributed by atoms with E-state index in [-0.39, 0.29) is 0 Å². The molecule has 0 amide bonds. The van der Waals surface area contributed by atoms with Gasteiger partial charge in [-0.15, -0.1) is 0 Å². The Bertz CT molecular complexity index is 183. The normalized spacial score (nSPS) is 12.3. The molecule has 2 heteroatoms. The van der Waals surface area contributed by atoms with Gasteiger partial charge in [0.15, 0.2) is 0 Å². The minimum absolute atomic E-state index is 0.634. The number of nitrogens with one attached hydrogen (secondary N) is 1. The molecule has 0 spiro atoms. The van der Waals surface area contributed by atoms with Crippen molar-refractivity contribution in [1.82, 2.24) is 5.32 Å². The Hall–Kier alpha value is -0.860. The lowest BCUT2D eigenvalue weighted by atomic mass is 10.2. The topological polar surface area (TPSA) is 21.3 Å². The van der Waals surface area contributed by atoms with Crippen LogP contribution in [0.4, 0.5) is 0 Å². The average Bonchev–Trinajstić information content (AvgIpc) is 2.17.